The zero-order chi connectivity index (χ0) is 19.6. The van der Waals surface area contributed by atoms with Gasteiger partial charge in [0.25, 0.3) is 5.91 Å². The largest absolute Gasteiger partial charge is 0.482 e. The molecule has 142 valence electrons. The van der Waals surface area contributed by atoms with Crippen LogP contribution < -0.4 is 10.1 Å². The first kappa shape index (κ1) is 20.5. The number of carbonyl (C=O) groups excluding carboxylic acids is 3. The fourth-order valence-electron chi connectivity index (χ4n) is 2.27. The van der Waals surface area contributed by atoms with Gasteiger partial charge in [-0.05, 0) is 37.1 Å². The second-order valence-corrected chi connectivity index (χ2v) is 6.26. The first-order valence-corrected chi connectivity index (χ1v) is 8.69. The van der Waals surface area contributed by atoms with Gasteiger partial charge in [0, 0.05) is 5.02 Å². The van der Waals surface area contributed by atoms with Crippen LogP contribution in [0.4, 0.5) is 0 Å². The predicted molar refractivity (Wildman–Crippen MR) is 101 cm³/mol. The van der Waals surface area contributed by atoms with Gasteiger partial charge in [-0.3, -0.25) is 9.59 Å². The molecule has 0 heterocycles. The average molecular weight is 390 g/mol. The smallest absolute Gasteiger partial charge is 0.344 e. The number of rotatable bonds is 9. The Balaban J connectivity index is 1.76. The molecule has 0 aliphatic rings. The summed E-state index contributed by atoms with van der Waals surface area (Å²) in [6.07, 6.45) is 0.369. The molecule has 2 rings (SSSR count). The molecule has 0 radical (unpaired) electrons. The third-order valence-electron chi connectivity index (χ3n) is 3.63. The van der Waals surface area contributed by atoms with Crippen LogP contribution in [0.2, 0.25) is 5.02 Å². The molecule has 1 atom stereocenters. The quantitative estimate of drug-likeness (QED) is 0.666. The van der Waals surface area contributed by atoms with Crippen LogP contribution in [0.25, 0.3) is 0 Å². The highest BCUT2D eigenvalue weighted by molar-refractivity contribution is 6.30. The van der Waals surface area contributed by atoms with E-state index in [-0.39, 0.29) is 12.4 Å². The Kier molecular flexibility index (Phi) is 7.82. The number of carbonyl (C=O) groups is 3. The molecule has 2 aromatic carbocycles. The molecule has 0 aliphatic heterocycles. The monoisotopic (exact) mass is 389 g/mol. The highest BCUT2D eigenvalue weighted by Crippen LogP contribution is 2.16. The van der Waals surface area contributed by atoms with Crippen molar-refractivity contribution in [2.75, 3.05) is 13.2 Å². The Hall–Kier alpha value is -2.86. The van der Waals surface area contributed by atoms with Gasteiger partial charge in [-0.1, -0.05) is 48.0 Å². The summed E-state index contributed by atoms with van der Waals surface area (Å²) in [5.41, 5.74) is 0.921. The van der Waals surface area contributed by atoms with Gasteiger partial charge >= 0.3 is 5.97 Å². The van der Waals surface area contributed by atoms with E-state index < -0.39 is 24.5 Å². The summed E-state index contributed by atoms with van der Waals surface area (Å²) >= 11 is 5.82. The zero-order valence-electron chi connectivity index (χ0n) is 14.8. The molecule has 0 bridgehead atoms. The number of nitrogens with one attached hydrogen (secondary N) is 1. The van der Waals surface area contributed by atoms with Crippen LogP contribution in [0.15, 0.2) is 54.6 Å². The van der Waals surface area contributed by atoms with Crippen molar-refractivity contribution in [1.29, 1.82) is 0 Å². The fraction of sp³-hybridized carbons (Fsp3) is 0.250. The number of hydrogen-bond acceptors (Lipinski definition) is 5. The average Bonchev–Trinajstić information content (AvgIpc) is 2.65. The maximum absolute atomic E-state index is 12.0. The lowest BCUT2D eigenvalue weighted by Gasteiger charge is -2.16. The Bertz CT molecular complexity index is 794. The molecule has 0 aliphatic carbocycles. The van der Waals surface area contributed by atoms with E-state index in [1.807, 2.05) is 30.3 Å². The SMILES string of the molecule is CC(=O)C(Cc1ccccc1)NC(=O)COC(=O)COc1cccc(Cl)c1. The standard InChI is InChI=1S/C20H20ClNO5/c1-14(23)18(10-15-6-3-2-4-7-15)22-19(24)12-27-20(25)13-26-17-9-5-8-16(21)11-17/h2-9,11,18H,10,12-13H2,1H3,(H,22,24). The maximum Gasteiger partial charge on any atom is 0.344 e. The zero-order valence-corrected chi connectivity index (χ0v) is 15.6. The number of benzene rings is 2. The van der Waals surface area contributed by atoms with Gasteiger partial charge in [0.2, 0.25) is 0 Å². The molecule has 0 spiro atoms. The van der Waals surface area contributed by atoms with E-state index in [0.29, 0.717) is 17.2 Å². The van der Waals surface area contributed by atoms with Gasteiger partial charge < -0.3 is 14.8 Å². The van der Waals surface area contributed by atoms with Crippen molar-refractivity contribution in [1.82, 2.24) is 5.32 Å². The summed E-state index contributed by atoms with van der Waals surface area (Å²) in [6, 6.07) is 15.2. The minimum atomic E-state index is -0.701. The molecule has 1 N–H and O–H groups in total. The molecule has 27 heavy (non-hydrogen) atoms. The number of esters is 1. The van der Waals surface area contributed by atoms with Crippen molar-refractivity contribution in [3.63, 3.8) is 0 Å². The van der Waals surface area contributed by atoms with E-state index in [4.69, 9.17) is 21.1 Å². The molecular weight excluding hydrogens is 370 g/mol. The maximum atomic E-state index is 12.0. The van der Waals surface area contributed by atoms with Crippen molar-refractivity contribution in [2.24, 2.45) is 0 Å². The van der Waals surface area contributed by atoms with Gasteiger partial charge in [0.15, 0.2) is 19.0 Å². The van der Waals surface area contributed by atoms with Gasteiger partial charge in [-0.2, -0.15) is 0 Å². The van der Waals surface area contributed by atoms with Crippen LogP contribution in [0.5, 0.6) is 5.75 Å². The molecule has 0 fully saturated rings. The van der Waals surface area contributed by atoms with E-state index in [0.717, 1.165) is 5.56 Å². The number of Topliss-reactive ketones (excluding diaryl/α,β-unsaturated/α-hetero) is 1. The second-order valence-electron chi connectivity index (χ2n) is 5.83. The number of amides is 1. The van der Waals surface area contributed by atoms with Gasteiger partial charge in [0.1, 0.15) is 5.75 Å². The summed E-state index contributed by atoms with van der Waals surface area (Å²) in [7, 11) is 0. The van der Waals surface area contributed by atoms with Crippen molar-refractivity contribution < 1.29 is 23.9 Å². The van der Waals surface area contributed by atoms with Gasteiger partial charge in [-0.25, -0.2) is 4.79 Å². The molecule has 6 nitrogen and oxygen atoms in total. The number of halogens is 1. The van der Waals surface area contributed by atoms with E-state index >= 15 is 0 Å². The van der Waals surface area contributed by atoms with E-state index in [9.17, 15) is 14.4 Å². The normalized spacial score (nSPS) is 11.3. The van der Waals surface area contributed by atoms with Crippen LogP contribution in [0, 0.1) is 0 Å². The molecule has 2 aromatic rings. The summed E-state index contributed by atoms with van der Waals surface area (Å²) in [6.45, 7) is 0.558. The van der Waals surface area contributed by atoms with Crippen LogP contribution in [-0.2, 0) is 25.5 Å². The highest BCUT2D eigenvalue weighted by atomic mass is 35.5. The topological polar surface area (TPSA) is 81.7 Å². The lowest BCUT2D eigenvalue weighted by Crippen LogP contribution is -2.43. The Labute approximate surface area is 162 Å². The van der Waals surface area contributed by atoms with Crippen molar-refractivity contribution >= 4 is 29.3 Å². The minimum absolute atomic E-state index is 0.178. The van der Waals surface area contributed by atoms with Crippen LogP contribution >= 0.6 is 11.6 Å². The summed E-state index contributed by atoms with van der Waals surface area (Å²) in [5.74, 6) is -1.01. The molecule has 0 saturated heterocycles. The Morgan fingerprint density at radius 1 is 1.04 bits per heavy atom. The number of ketones is 1. The molecular formula is C20H20ClNO5. The first-order valence-electron chi connectivity index (χ1n) is 8.32. The third-order valence-corrected chi connectivity index (χ3v) is 3.86. The van der Waals surface area contributed by atoms with Crippen LogP contribution in [0.1, 0.15) is 12.5 Å². The highest BCUT2D eigenvalue weighted by Gasteiger charge is 2.18. The predicted octanol–water partition coefficient (Wildman–Crippen LogP) is 2.58. The summed E-state index contributed by atoms with van der Waals surface area (Å²) in [4.78, 5) is 35.4. The second kappa shape index (κ2) is 10.3. The lowest BCUT2D eigenvalue weighted by atomic mass is 10.0. The van der Waals surface area contributed by atoms with E-state index in [1.54, 1.807) is 24.3 Å². The van der Waals surface area contributed by atoms with Gasteiger partial charge in [0.05, 0.1) is 6.04 Å². The minimum Gasteiger partial charge on any atom is -0.482 e. The first-order chi connectivity index (χ1) is 12.9. The van der Waals surface area contributed by atoms with Gasteiger partial charge in [-0.15, -0.1) is 0 Å². The van der Waals surface area contributed by atoms with E-state index in [2.05, 4.69) is 5.32 Å². The van der Waals surface area contributed by atoms with Crippen molar-refractivity contribution in [3.8, 4) is 5.75 Å². The molecule has 7 heteroatoms. The van der Waals surface area contributed by atoms with E-state index in [1.165, 1.54) is 6.92 Å². The fourth-order valence-corrected chi connectivity index (χ4v) is 2.45. The third kappa shape index (κ3) is 7.50. The van der Waals surface area contributed by atoms with Crippen molar-refractivity contribution in [3.05, 3.63) is 65.2 Å². The van der Waals surface area contributed by atoms with Crippen LogP contribution in [-0.4, -0.2) is 36.9 Å². The summed E-state index contributed by atoms with van der Waals surface area (Å²) in [5, 5.41) is 3.06. The number of ether oxygens (including phenoxy) is 2. The molecule has 0 aromatic heterocycles. The van der Waals surface area contributed by atoms with Crippen molar-refractivity contribution in [2.45, 2.75) is 19.4 Å². The molecule has 1 amide bonds. The molecule has 0 saturated carbocycles. The summed E-state index contributed by atoms with van der Waals surface area (Å²) < 4.78 is 10.1. The number of hydrogen-bond donors (Lipinski definition) is 1. The molecule has 1 unspecified atom stereocenters. The Morgan fingerprint density at radius 2 is 1.78 bits per heavy atom. The Morgan fingerprint density at radius 3 is 2.44 bits per heavy atom. The lowest BCUT2D eigenvalue weighted by molar-refractivity contribution is -0.150. The van der Waals surface area contributed by atoms with Crippen LogP contribution in [0.3, 0.4) is 0 Å².